The molecule has 10 heteroatoms. The summed E-state index contributed by atoms with van der Waals surface area (Å²) in [7, 11) is 3.08. The highest BCUT2D eigenvalue weighted by atomic mass is 127. The molecule has 0 atom stereocenters. The first kappa shape index (κ1) is 23.7. The Balaban J connectivity index is 0.00000364. The van der Waals surface area contributed by atoms with Gasteiger partial charge in [-0.2, -0.15) is 13.2 Å². The van der Waals surface area contributed by atoms with Crippen molar-refractivity contribution in [2.24, 2.45) is 4.99 Å². The maximum absolute atomic E-state index is 13.9. The van der Waals surface area contributed by atoms with Crippen LogP contribution < -0.4 is 10.2 Å². The molecule has 1 aliphatic rings. The first-order valence-electron chi connectivity index (χ1n) is 8.50. The molecule has 1 aliphatic heterocycles. The molecule has 1 aromatic rings. The third-order valence-corrected chi connectivity index (χ3v) is 4.21. The van der Waals surface area contributed by atoms with E-state index in [9.17, 15) is 17.6 Å². The Kier molecular flexibility index (Phi) is 9.57. The van der Waals surface area contributed by atoms with Crippen LogP contribution in [0.1, 0.15) is 0 Å². The molecular formula is C17H26F4IN5. The number of hydrogen-bond acceptors (Lipinski definition) is 3. The lowest BCUT2D eigenvalue weighted by atomic mass is 10.2. The minimum Gasteiger partial charge on any atom is -0.366 e. The van der Waals surface area contributed by atoms with E-state index in [0.29, 0.717) is 44.4 Å². The summed E-state index contributed by atoms with van der Waals surface area (Å²) < 4.78 is 50.9. The minimum absolute atomic E-state index is 0. The maximum Gasteiger partial charge on any atom is 0.401 e. The van der Waals surface area contributed by atoms with E-state index in [1.165, 1.54) is 18.0 Å². The third-order valence-electron chi connectivity index (χ3n) is 4.21. The van der Waals surface area contributed by atoms with Gasteiger partial charge in [-0.1, -0.05) is 12.1 Å². The molecule has 0 bridgehead atoms. The summed E-state index contributed by atoms with van der Waals surface area (Å²) in [6, 6.07) is 6.67. The van der Waals surface area contributed by atoms with Gasteiger partial charge in [0.2, 0.25) is 0 Å². The van der Waals surface area contributed by atoms with Crippen molar-refractivity contribution in [1.29, 1.82) is 0 Å². The van der Waals surface area contributed by atoms with Gasteiger partial charge in [-0.05, 0) is 19.2 Å². The Bertz CT molecular complexity index is 603. The third kappa shape index (κ3) is 7.68. The molecule has 27 heavy (non-hydrogen) atoms. The van der Waals surface area contributed by atoms with Crippen LogP contribution in [-0.2, 0) is 0 Å². The van der Waals surface area contributed by atoms with Crippen LogP contribution in [-0.4, -0.2) is 81.8 Å². The monoisotopic (exact) mass is 503 g/mol. The van der Waals surface area contributed by atoms with Crippen molar-refractivity contribution >= 4 is 35.6 Å². The number of anilines is 1. The lowest BCUT2D eigenvalue weighted by molar-refractivity contribution is -0.142. The van der Waals surface area contributed by atoms with E-state index in [1.54, 1.807) is 19.2 Å². The van der Waals surface area contributed by atoms with Crippen LogP contribution in [0.25, 0.3) is 0 Å². The van der Waals surface area contributed by atoms with Crippen molar-refractivity contribution in [3.8, 4) is 0 Å². The average Bonchev–Trinajstić information content (AvgIpc) is 2.58. The van der Waals surface area contributed by atoms with Gasteiger partial charge in [-0.25, -0.2) is 4.39 Å². The smallest absolute Gasteiger partial charge is 0.366 e. The fraction of sp³-hybridized carbons (Fsp3) is 0.588. The predicted molar refractivity (Wildman–Crippen MR) is 111 cm³/mol. The van der Waals surface area contributed by atoms with E-state index in [2.05, 4.69) is 10.3 Å². The summed E-state index contributed by atoms with van der Waals surface area (Å²) in [4.78, 5) is 9.43. The van der Waals surface area contributed by atoms with E-state index in [4.69, 9.17) is 0 Å². The van der Waals surface area contributed by atoms with Crippen LogP contribution in [0.4, 0.5) is 23.2 Å². The maximum atomic E-state index is 13.9. The second kappa shape index (κ2) is 10.9. The SMILES string of the molecule is CN=C(NCCN(C)CC(F)(F)F)N1CCN(c2ccccc2F)CC1.I. The molecule has 0 unspecified atom stereocenters. The van der Waals surface area contributed by atoms with E-state index >= 15 is 0 Å². The van der Waals surface area contributed by atoms with E-state index in [0.717, 1.165) is 0 Å². The summed E-state index contributed by atoms with van der Waals surface area (Å²) in [5, 5.41) is 3.10. The number of aliphatic imine (C=N–C) groups is 1. The quantitative estimate of drug-likeness (QED) is 0.290. The van der Waals surface area contributed by atoms with E-state index < -0.39 is 12.7 Å². The molecule has 2 rings (SSSR count). The standard InChI is InChI=1S/C17H25F4N5.HI/c1-22-16(23-7-8-24(2)13-17(19,20)21)26-11-9-25(10-12-26)15-6-4-3-5-14(15)18;/h3-6H,7-13H2,1-2H3,(H,22,23);1H. The molecule has 1 aromatic carbocycles. The molecule has 0 aromatic heterocycles. The highest BCUT2D eigenvalue weighted by molar-refractivity contribution is 14.0. The summed E-state index contributed by atoms with van der Waals surface area (Å²) in [6.07, 6.45) is -4.19. The molecule has 0 aliphatic carbocycles. The van der Waals surface area contributed by atoms with Gasteiger partial charge >= 0.3 is 6.18 Å². The number of halogens is 5. The lowest BCUT2D eigenvalue weighted by Gasteiger charge is -2.37. The van der Waals surface area contributed by atoms with Crippen LogP contribution in [0.5, 0.6) is 0 Å². The van der Waals surface area contributed by atoms with Gasteiger partial charge in [0.1, 0.15) is 5.82 Å². The van der Waals surface area contributed by atoms with Crippen molar-refractivity contribution in [1.82, 2.24) is 15.1 Å². The number of hydrogen-bond donors (Lipinski definition) is 1. The molecule has 1 saturated heterocycles. The van der Waals surface area contributed by atoms with Gasteiger partial charge in [0, 0.05) is 46.3 Å². The second-order valence-electron chi connectivity index (χ2n) is 6.25. The Morgan fingerprint density at radius 2 is 1.81 bits per heavy atom. The fourth-order valence-corrected chi connectivity index (χ4v) is 2.94. The first-order chi connectivity index (χ1) is 12.3. The van der Waals surface area contributed by atoms with E-state index in [-0.39, 0.29) is 36.3 Å². The van der Waals surface area contributed by atoms with Crippen molar-refractivity contribution in [3.63, 3.8) is 0 Å². The minimum atomic E-state index is -4.19. The summed E-state index contributed by atoms with van der Waals surface area (Å²) in [6.45, 7) is 2.30. The van der Waals surface area contributed by atoms with Crippen molar-refractivity contribution in [2.45, 2.75) is 6.18 Å². The fourth-order valence-electron chi connectivity index (χ4n) is 2.94. The average molecular weight is 503 g/mol. The summed E-state index contributed by atoms with van der Waals surface area (Å²) in [5.41, 5.74) is 0.587. The predicted octanol–water partition coefficient (Wildman–Crippen LogP) is 2.64. The van der Waals surface area contributed by atoms with Crippen molar-refractivity contribution in [2.75, 3.05) is 64.8 Å². The van der Waals surface area contributed by atoms with Crippen molar-refractivity contribution < 1.29 is 17.6 Å². The molecule has 0 radical (unpaired) electrons. The van der Waals surface area contributed by atoms with Gasteiger partial charge in [0.05, 0.1) is 12.2 Å². The largest absolute Gasteiger partial charge is 0.401 e. The number of nitrogens with zero attached hydrogens (tertiary/aromatic N) is 4. The van der Waals surface area contributed by atoms with Crippen molar-refractivity contribution in [3.05, 3.63) is 30.1 Å². The second-order valence-corrected chi connectivity index (χ2v) is 6.25. The Hall–Kier alpha value is -1.30. The number of para-hydroxylation sites is 1. The molecule has 0 spiro atoms. The zero-order valence-electron chi connectivity index (χ0n) is 15.5. The lowest BCUT2D eigenvalue weighted by Crippen LogP contribution is -2.53. The zero-order valence-corrected chi connectivity index (χ0v) is 17.8. The van der Waals surface area contributed by atoms with Crippen LogP contribution in [0.3, 0.4) is 0 Å². The molecule has 5 nitrogen and oxygen atoms in total. The molecule has 1 N–H and O–H groups in total. The highest BCUT2D eigenvalue weighted by Gasteiger charge is 2.29. The Labute approximate surface area is 174 Å². The topological polar surface area (TPSA) is 34.1 Å². The van der Waals surface area contributed by atoms with Gasteiger partial charge < -0.3 is 15.1 Å². The van der Waals surface area contributed by atoms with Gasteiger partial charge in [-0.15, -0.1) is 24.0 Å². The van der Waals surface area contributed by atoms with Crippen LogP contribution in [0, 0.1) is 5.82 Å². The molecule has 0 saturated carbocycles. The van der Waals surface area contributed by atoms with Gasteiger partial charge in [0.25, 0.3) is 0 Å². The molecule has 154 valence electrons. The van der Waals surface area contributed by atoms with E-state index in [1.807, 2.05) is 15.9 Å². The van der Waals surface area contributed by atoms with Crippen LogP contribution in [0.2, 0.25) is 0 Å². The number of likely N-dealkylation sites (N-methyl/N-ethyl adjacent to an activating group) is 1. The number of alkyl halides is 3. The number of guanidine groups is 1. The first-order valence-corrected chi connectivity index (χ1v) is 8.50. The number of piperazine rings is 1. The molecule has 0 amide bonds. The normalized spacial score (nSPS) is 15.7. The highest BCUT2D eigenvalue weighted by Crippen LogP contribution is 2.20. The number of nitrogens with one attached hydrogen (secondary N) is 1. The number of rotatable bonds is 5. The zero-order chi connectivity index (χ0) is 19.2. The Morgan fingerprint density at radius 1 is 1.19 bits per heavy atom. The van der Waals surface area contributed by atoms with Crippen LogP contribution >= 0.6 is 24.0 Å². The van der Waals surface area contributed by atoms with Gasteiger partial charge in [-0.3, -0.25) is 9.89 Å². The molecular weight excluding hydrogens is 477 g/mol. The number of benzene rings is 1. The summed E-state index contributed by atoms with van der Waals surface area (Å²) >= 11 is 0. The Morgan fingerprint density at radius 3 is 2.37 bits per heavy atom. The molecule has 1 fully saturated rings. The molecule has 1 heterocycles. The van der Waals surface area contributed by atoms with Crippen LogP contribution in [0.15, 0.2) is 29.3 Å². The van der Waals surface area contributed by atoms with Gasteiger partial charge in [0.15, 0.2) is 5.96 Å². The summed E-state index contributed by atoms with van der Waals surface area (Å²) in [5.74, 6) is 0.412.